The van der Waals surface area contributed by atoms with Gasteiger partial charge in [0.1, 0.15) is 0 Å². The molecule has 0 bridgehead atoms. The van der Waals surface area contributed by atoms with Gasteiger partial charge in [0.05, 0.1) is 0 Å². The molecule has 1 heterocycles. The average Bonchev–Trinajstić information content (AvgIpc) is 2.66. The van der Waals surface area contributed by atoms with Crippen molar-refractivity contribution >= 4 is 5.97 Å². The monoisotopic (exact) mass is 254 g/mol. The lowest BCUT2D eigenvalue weighted by Gasteiger charge is -2.15. The summed E-state index contributed by atoms with van der Waals surface area (Å²) >= 11 is 0. The van der Waals surface area contributed by atoms with Gasteiger partial charge in [-0.15, -0.1) is 0 Å². The molecule has 1 atom stereocenters. The minimum absolute atomic E-state index is 0.257. The van der Waals surface area contributed by atoms with Gasteiger partial charge in [-0.25, -0.2) is 4.79 Å². The van der Waals surface area contributed by atoms with Crippen LogP contribution in [0.4, 0.5) is 0 Å². The van der Waals surface area contributed by atoms with E-state index < -0.39 is 0 Å². The molecule has 0 amide bonds. The van der Waals surface area contributed by atoms with Gasteiger partial charge in [-0.3, -0.25) is 0 Å². The van der Waals surface area contributed by atoms with E-state index >= 15 is 0 Å². The van der Waals surface area contributed by atoms with Crippen LogP contribution in [-0.4, -0.2) is 5.97 Å². The van der Waals surface area contributed by atoms with Gasteiger partial charge in [0.25, 0.3) is 0 Å². The predicted molar refractivity (Wildman–Crippen MR) is 76.5 cm³/mol. The zero-order chi connectivity index (χ0) is 14.0. The molecule has 1 aliphatic rings. The maximum atomic E-state index is 11.8. The number of carbonyl (C=O) groups excluding carboxylic acids is 1. The summed E-state index contributed by atoms with van der Waals surface area (Å²) in [6.07, 6.45) is 1.65. The summed E-state index contributed by atoms with van der Waals surface area (Å²) in [6.45, 7) is 9.89. The van der Waals surface area contributed by atoms with Crippen LogP contribution in [0, 0.1) is 0 Å². The Bertz CT molecular complexity index is 573. The Morgan fingerprint density at radius 2 is 1.89 bits per heavy atom. The molecule has 1 aromatic rings. The third-order valence-corrected chi connectivity index (χ3v) is 3.11. The van der Waals surface area contributed by atoms with Gasteiger partial charge in [-0.1, -0.05) is 48.6 Å². The van der Waals surface area contributed by atoms with Crippen molar-refractivity contribution in [1.82, 2.24) is 0 Å². The molecular weight excluding hydrogens is 236 g/mol. The molecule has 2 nitrogen and oxygen atoms in total. The Balaban J connectivity index is 2.44. The lowest BCUT2D eigenvalue weighted by Crippen LogP contribution is -2.03. The molecule has 0 saturated carbocycles. The fourth-order valence-corrected chi connectivity index (χ4v) is 2.26. The van der Waals surface area contributed by atoms with Crippen molar-refractivity contribution < 1.29 is 9.53 Å². The first-order chi connectivity index (χ1) is 9.00. The molecule has 0 aromatic heterocycles. The first-order valence-electron chi connectivity index (χ1n) is 6.31. The molecule has 1 aromatic carbocycles. The Hall–Kier alpha value is -2.09. The Kier molecular flexibility index (Phi) is 3.70. The highest BCUT2D eigenvalue weighted by molar-refractivity contribution is 5.93. The lowest BCUT2D eigenvalue weighted by atomic mass is 9.93. The number of hydrogen-bond acceptors (Lipinski definition) is 2. The van der Waals surface area contributed by atoms with Gasteiger partial charge in [-0.05, 0) is 31.9 Å². The van der Waals surface area contributed by atoms with Crippen molar-refractivity contribution in [2.45, 2.75) is 26.9 Å². The minimum atomic E-state index is -0.336. The molecule has 0 unspecified atom stereocenters. The van der Waals surface area contributed by atoms with E-state index in [1.807, 2.05) is 50.3 Å². The van der Waals surface area contributed by atoms with Gasteiger partial charge in [-0.2, -0.15) is 0 Å². The first-order valence-corrected chi connectivity index (χ1v) is 6.31. The van der Waals surface area contributed by atoms with E-state index in [1.54, 1.807) is 6.92 Å². The van der Waals surface area contributed by atoms with Gasteiger partial charge in [0.15, 0.2) is 6.10 Å². The Labute approximate surface area is 114 Å². The van der Waals surface area contributed by atoms with Crippen LogP contribution in [0.2, 0.25) is 0 Å². The van der Waals surface area contributed by atoms with Crippen molar-refractivity contribution in [3.8, 4) is 0 Å². The zero-order valence-corrected chi connectivity index (χ0v) is 11.6. The lowest BCUT2D eigenvalue weighted by molar-refractivity contribution is -0.139. The third-order valence-electron chi connectivity index (χ3n) is 3.11. The maximum Gasteiger partial charge on any atom is 0.335 e. The third kappa shape index (κ3) is 2.68. The van der Waals surface area contributed by atoms with Crippen LogP contribution < -0.4 is 0 Å². The Morgan fingerprint density at radius 3 is 2.47 bits per heavy atom. The molecule has 19 heavy (non-hydrogen) atoms. The molecule has 0 saturated heterocycles. The zero-order valence-electron chi connectivity index (χ0n) is 11.6. The normalized spacial score (nSPS) is 18.3. The second-order valence-corrected chi connectivity index (χ2v) is 4.98. The van der Waals surface area contributed by atoms with Gasteiger partial charge in [0, 0.05) is 11.1 Å². The van der Waals surface area contributed by atoms with Gasteiger partial charge >= 0.3 is 5.97 Å². The molecule has 1 aliphatic heterocycles. The highest BCUT2D eigenvalue weighted by Crippen LogP contribution is 2.39. The van der Waals surface area contributed by atoms with E-state index in [2.05, 4.69) is 6.58 Å². The molecule has 0 aliphatic carbocycles. The van der Waals surface area contributed by atoms with Crippen LogP contribution >= 0.6 is 0 Å². The molecule has 0 spiro atoms. The van der Waals surface area contributed by atoms with Crippen molar-refractivity contribution in [1.29, 1.82) is 0 Å². The minimum Gasteiger partial charge on any atom is -0.449 e. The summed E-state index contributed by atoms with van der Waals surface area (Å²) in [5, 5.41) is 0. The van der Waals surface area contributed by atoms with Crippen LogP contribution in [0.15, 0.2) is 65.3 Å². The Morgan fingerprint density at radius 1 is 1.26 bits per heavy atom. The SMILES string of the molecule is C=C(C=C(C)C)C1=C(C)C(=O)O[C@@H]1c1ccccc1. The maximum absolute atomic E-state index is 11.8. The first kappa shape index (κ1) is 13.3. The largest absolute Gasteiger partial charge is 0.449 e. The standard InChI is InChI=1S/C17H18O2/c1-11(2)10-12(3)15-13(4)17(18)19-16(15)14-8-6-5-7-9-14/h5-10,16H,3H2,1-2,4H3/t16-/m1/s1. The van der Waals surface area contributed by atoms with Crippen molar-refractivity contribution in [2.75, 3.05) is 0 Å². The van der Waals surface area contributed by atoms with Crippen molar-refractivity contribution in [3.05, 3.63) is 70.8 Å². The van der Waals surface area contributed by atoms with Crippen molar-refractivity contribution in [2.24, 2.45) is 0 Å². The highest BCUT2D eigenvalue weighted by Gasteiger charge is 2.33. The fraction of sp³-hybridized carbons (Fsp3) is 0.235. The summed E-state index contributed by atoms with van der Waals surface area (Å²) < 4.78 is 5.47. The van der Waals surface area contributed by atoms with E-state index in [1.165, 1.54) is 0 Å². The number of carbonyl (C=O) groups is 1. The van der Waals surface area contributed by atoms with Crippen LogP contribution in [0.3, 0.4) is 0 Å². The molecule has 0 radical (unpaired) electrons. The summed E-state index contributed by atoms with van der Waals surface area (Å²) in [7, 11) is 0. The molecule has 98 valence electrons. The summed E-state index contributed by atoms with van der Waals surface area (Å²) in [6, 6.07) is 9.76. The average molecular weight is 254 g/mol. The molecular formula is C17H18O2. The summed E-state index contributed by atoms with van der Waals surface area (Å²) in [5.41, 5.74) is 4.51. The second kappa shape index (κ2) is 5.27. The van der Waals surface area contributed by atoms with E-state index in [-0.39, 0.29) is 12.1 Å². The van der Waals surface area contributed by atoms with Crippen LogP contribution in [0.25, 0.3) is 0 Å². The molecule has 0 fully saturated rings. The second-order valence-electron chi connectivity index (χ2n) is 4.98. The van der Waals surface area contributed by atoms with Gasteiger partial charge < -0.3 is 4.74 Å². The van der Waals surface area contributed by atoms with E-state index in [0.717, 1.165) is 22.3 Å². The molecule has 2 rings (SSSR count). The summed E-state index contributed by atoms with van der Waals surface area (Å²) in [5.74, 6) is -0.257. The topological polar surface area (TPSA) is 26.3 Å². The number of hydrogen-bond donors (Lipinski definition) is 0. The van der Waals surface area contributed by atoms with E-state index in [4.69, 9.17) is 4.74 Å². The number of allylic oxidation sites excluding steroid dienone is 2. The van der Waals surface area contributed by atoms with Gasteiger partial charge in [0.2, 0.25) is 0 Å². The van der Waals surface area contributed by atoms with Crippen LogP contribution in [-0.2, 0) is 9.53 Å². The van der Waals surface area contributed by atoms with E-state index in [0.29, 0.717) is 5.57 Å². The fourth-order valence-electron chi connectivity index (χ4n) is 2.26. The smallest absolute Gasteiger partial charge is 0.335 e. The summed E-state index contributed by atoms with van der Waals surface area (Å²) in [4.78, 5) is 11.8. The highest BCUT2D eigenvalue weighted by atomic mass is 16.5. The van der Waals surface area contributed by atoms with Crippen LogP contribution in [0.1, 0.15) is 32.4 Å². The molecule has 2 heteroatoms. The van der Waals surface area contributed by atoms with E-state index in [9.17, 15) is 4.79 Å². The predicted octanol–water partition coefficient (Wildman–Crippen LogP) is 4.12. The number of benzene rings is 1. The number of cyclic esters (lactones) is 1. The number of ether oxygens (including phenoxy) is 1. The quantitative estimate of drug-likeness (QED) is 0.599. The molecule has 0 N–H and O–H groups in total. The number of esters is 1. The van der Waals surface area contributed by atoms with Crippen molar-refractivity contribution in [3.63, 3.8) is 0 Å². The number of rotatable bonds is 3. The van der Waals surface area contributed by atoms with Crippen LogP contribution in [0.5, 0.6) is 0 Å².